The number of allylic oxidation sites excluding steroid dienone is 4. The average molecular weight is 379 g/mol. The van der Waals surface area contributed by atoms with E-state index in [4.69, 9.17) is 5.73 Å². The molecule has 0 bridgehead atoms. The fraction of sp³-hybridized carbons (Fsp3) is 0.700. The van der Waals surface area contributed by atoms with Crippen LogP contribution in [0.2, 0.25) is 0 Å². The Morgan fingerprint density at radius 2 is 2.00 bits per heavy atom. The quantitative estimate of drug-likeness (QED) is 0.542. The van der Waals surface area contributed by atoms with Crippen molar-refractivity contribution in [1.29, 1.82) is 0 Å². The standard InChI is InChI=1S/C20H26FNO5/c1-17-6-5-11(23)7-10(17)3-4-12-13-8-14(22)20(27,16(25)26)18(13,2)9-15(24)19(12,17)21/h5-7,12-15,24,27H,3-4,8-9,22H2,1-2H3,(H,25,26)/t12-,13+,14-,15+,17?,18+,19+,20+/m1/s1. The van der Waals surface area contributed by atoms with Gasteiger partial charge in [-0.1, -0.05) is 18.6 Å². The third-order valence-corrected chi connectivity index (χ3v) is 8.27. The Bertz CT molecular complexity index is 795. The van der Waals surface area contributed by atoms with Crippen LogP contribution in [0.4, 0.5) is 4.39 Å². The Morgan fingerprint density at radius 3 is 2.63 bits per heavy atom. The van der Waals surface area contributed by atoms with Gasteiger partial charge < -0.3 is 21.1 Å². The number of hydrogen-bond acceptors (Lipinski definition) is 5. The number of ketones is 1. The lowest BCUT2D eigenvalue weighted by atomic mass is 9.45. The smallest absolute Gasteiger partial charge is 0.337 e. The first-order chi connectivity index (χ1) is 12.4. The summed E-state index contributed by atoms with van der Waals surface area (Å²) in [7, 11) is 0. The number of halogens is 1. The molecule has 0 spiro atoms. The molecule has 7 heteroatoms. The van der Waals surface area contributed by atoms with E-state index in [0.717, 1.165) is 0 Å². The van der Waals surface area contributed by atoms with Gasteiger partial charge in [0.1, 0.15) is 0 Å². The molecule has 0 aromatic carbocycles. The molecule has 0 aliphatic heterocycles. The van der Waals surface area contributed by atoms with Gasteiger partial charge in [-0.3, -0.25) is 4.79 Å². The molecular formula is C20H26FNO5. The van der Waals surface area contributed by atoms with Gasteiger partial charge in [-0.05, 0) is 50.7 Å². The molecule has 0 saturated heterocycles. The zero-order chi connectivity index (χ0) is 20.0. The van der Waals surface area contributed by atoms with Gasteiger partial charge in [0.05, 0.1) is 6.10 Å². The summed E-state index contributed by atoms with van der Waals surface area (Å²) in [6.07, 6.45) is 3.69. The Hall–Kier alpha value is -1.57. The van der Waals surface area contributed by atoms with Gasteiger partial charge in [0, 0.05) is 22.8 Å². The molecule has 4 rings (SSSR count). The molecule has 0 radical (unpaired) electrons. The van der Waals surface area contributed by atoms with E-state index < -0.39 is 52.1 Å². The molecule has 1 unspecified atom stereocenters. The molecule has 0 aromatic rings. The number of alkyl halides is 1. The predicted molar refractivity (Wildman–Crippen MR) is 94.3 cm³/mol. The number of carboxylic acid groups (broad SMARTS) is 1. The molecule has 0 aromatic heterocycles. The number of fused-ring (bicyclic) bond motifs is 5. The maximum Gasteiger partial charge on any atom is 0.337 e. The third-order valence-electron chi connectivity index (χ3n) is 8.27. The summed E-state index contributed by atoms with van der Waals surface area (Å²) in [4.78, 5) is 23.7. The second kappa shape index (κ2) is 5.27. The van der Waals surface area contributed by atoms with Gasteiger partial charge in [-0.2, -0.15) is 0 Å². The van der Waals surface area contributed by atoms with Crippen LogP contribution in [0.5, 0.6) is 0 Å². The van der Waals surface area contributed by atoms with E-state index in [9.17, 15) is 24.9 Å². The molecule has 3 fully saturated rings. The molecule has 0 heterocycles. The van der Waals surface area contributed by atoms with Crippen molar-refractivity contribution in [3.8, 4) is 0 Å². The van der Waals surface area contributed by atoms with Gasteiger partial charge in [0.2, 0.25) is 0 Å². The number of rotatable bonds is 1. The summed E-state index contributed by atoms with van der Waals surface area (Å²) in [6, 6.07) is -1.03. The van der Waals surface area contributed by atoms with Crippen LogP contribution in [0.25, 0.3) is 0 Å². The average Bonchev–Trinajstić information content (AvgIpc) is 2.79. The Morgan fingerprint density at radius 1 is 1.33 bits per heavy atom. The van der Waals surface area contributed by atoms with Crippen molar-refractivity contribution in [1.82, 2.24) is 0 Å². The van der Waals surface area contributed by atoms with Crippen LogP contribution >= 0.6 is 0 Å². The van der Waals surface area contributed by atoms with E-state index in [0.29, 0.717) is 18.4 Å². The summed E-state index contributed by atoms with van der Waals surface area (Å²) >= 11 is 0. The molecule has 5 N–H and O–H groups in total. The number of nitrogens with two attached hydrogens (primary N) is 1. The fourth-order valence-corrected chi connectivity index (χ4v) is 6.70. The Balaban J connectivity index is 1.85. The van der Waals surface area contributed by atoms with Crippen molar-refractivity contribution >= 4 is 11.8 Å². The molecular weight excluding hydrogens is 353 g/mol. The molecule has 8 atom stereocenters. The third kappa shape index (κ3) is 1.90. The lowest BCUT2D eigenvalue weighted by Gasteiger charge is -2.62. The second-order valence-electron chi connectivity index (χ2n) is 9.18. The van der Waals surface area contributed by atoms with E-state index in [1.807, 2.05) is 0 Å². The summed E-state index contributed by atoms with van der Waals surface area (Å²) in [6.45, 7) is 3.30. The Kier molecular flexibility index (Phi) is 3.67. The van der Waals surface area contributed by atoms with Crippen molar-refractivity contribution in [2.45, 2.75) is 62.9 Å². The van der Waals surface area contributed by atoms with Crippen LogP contribution in [0.1, 0.15) is 39.5 Å². The van der Waals surface area contributed by atoms with E-state index in [1.54, 1.807) is 19.9 Å². The highest BCUT2D eigenvalue weighted by Gasteiger charge is 2.76. The highest BCUT2D eigenvalue weighted by atomic mass is 19.1. The highest BCUT2D eigenvalue weighted by molar-refractivity contribution is 6.01. The SMILES string of the molecule is CC12C=CC(=O)C=C1CC[C@@H]1[C@@H]3C[C@@H](N)[C@](O)(C(=O)O)[C@@]3(C)C[C@H](O)[C@@]12F. The number of aliphatic hydroxyl groups is 2. The van der Waals surface area contributed by atoms with Gasteiger partial charge >= 0.3 is 5.97 Å². The minimum atomic E-state index is -2.21. The second-order valence-corrected chi connectivity index (χ2v) is 9.18. The molecule has 3 saturated carbocycles. The summed E-state index contributed by atoms with van der Waals surface area (Å²) in [5.41, 5.74) is 0.0677. The van der Waals surface area contributed by atoms with E-state index in [2.05, 4.69) is 0 Å². The zero-order valence-electron chi connectivity index (χ0n) is 15.5. The minimum absolute atomic E-state index is 0.181. The molecule has 6 nitrogen and oxygen atoms in total. The fourth-order valence-electron chi connectivity index (χ4n) is 6.70. The number of carboxylic acids is 1. The maximum absolute atomic E-state index is 16.7. The summed E-state index contributed by atoms with van der Waals surface area (Å²) in [5.74, 6) is -2.76. The monoisotopic (exact) mass is 379 g/mol. The van der Waals surface area contributed by atoms with Crippen molar-refractivity contribution in [2.75, 3.05) is 0 Å². The van der Waals surface area contributed by atoms with Crippen LogP contribution in [0.3, 0.4) is 0 Å². The number of aliphatic carboxylic acids is 1. The summed E-state index contributed by atoms with van der Waals surface area (Å²) < 4.78 is 16.7. The Labute approximate surface area is 156 Å². The predicted octanol–water partition coefficient (Wildman–Crippen LogP) is 1.11. The lowest BCUT2D eigenvalue weighted by Crippen LogP contribution is -2.70. The minimum Gasteiger partial charge on any atom is -0.479 e. The zero-order valence-corrected chi connectivity index (χ0v) is 15.5. The highest BCUT2D eigenvalue weighted by Crippen LogP contribution is 2.69. The van der Waals surface area contributed by atoms with E-state index >= 15 is 4.39 Å². The van der Waals surface area contributed by atoms with Gasteiger partial charge in [0.15, 0.2) is 17.1 Å². The van der Waals surface area contributed by atoms with Crippen molar-refractivity contribution in [3.63, 3.8) is 0 Å². The summed E-state index contributed by atoms with van der Waals surface area (Å²) in [5, 5.41) is 31.7. The molecule has 148 valence electrons. The molecule has 4 aliphatic carbocycles. The van der Waals surface area contributed by atoms with Crippen LogP contribution in [-0.2, 0) is 9.59 Å². The molecule has 27 heavy (non-hydrogen) atoms. The first-order valence-corrected chi connectivity index (χ1v) is 9.45. The molecule has 4 aliphatic rings. The van der Waals surface area contributed by atoms with Crippen LogP contribution in [-0.4, -0.2) is 50.5 Å². The van der Waals surface area contributed by atoms with Crippen LogP contribution in [0.15, 0.2) is 23.8 Å². The number of hydrogen-bond donors (Lipinski definition) is 4. The van der Waals surface area contributed by atoms with Crippen molar-refractivity contribution in [2.24, 2.45) is 28.4 Å². The van der Waals surface area contributed by atoms with Gasteiger partial charge in [-0.15, -0.1) is 0 Å². The lowest BCUT2D eigenvalue weighted by molar-refractivity contribution is -0.223. The first-order valence-electron chi connectivity index (χ1n) is 9.45. The van der Waals surface area contributed by atoms with Gasteiger partial charge in [0.25, 0.3) is 0 Å². The van der Waals surface area contributed by atoms with Crippen molar-refractivity contribution in [3.05, 3.63) is 23.8 Å². The van der Waals surface area contributed by atoms with E-state index in [-0.39, 0.29) is 18.6 Å². The first kappa shape index (κ1) is 18.8. The normalized spacial score (nSPS) is 54.0. The largest absolute Gasteiger partial charge is 0.479 e. The number of carbonyl (C=O) groups excluding carboxylic acids is 1. The topological polar surface area (TPSA) is 121 Å². The number of carbonyl (C=O) groups is 2. The molecule has 0 amide bonds. The van der Waals surface area contributed by atoms with E-state index in [1.165, 1.54) is 12.2 Å². The number of aliphatic hydroxyl groups excluding tert-OH is 1. The van der Waals surface area contributed by atoms with Crippen LogP contribution in [0, 0.1) is 22.7 Å². The maximum atomic E-state index is 16.7. The van der Waals surface area contributed by atoms with Crippen molar-refractivity contribution < 1.29 is 29.3 Å². The van der Waals surface area contributed by atoms with Crippen LogP contribution < -0.4 is 5.73 Å². The van der Waals surface area contributed by atoms with Gasteiger partial charge in [-0.25, -0.2) is 9.18 Å².